The van der Waals surface area contributed by atoms with Crippen molar-refractivity contribution in [1.29, 1.82) is 0 Å². The van der Waals surface area contributed by atoms with Gasteiger partial charge in [0.1, 0.15) is 17.1 Å². The average molecular weight is 335 g/mol. The Bertz CT molecular complexity index is 564. The molecule has 3 rings (SSSR count). The number of furan rings is 1. The van der Waals surface area contributed by atoms with E-state index in [1.165, 1.54) is 25.7 Å². The second-order valence-electron chi connectivity index (χ2n) is 7.43. The summed E-state index contributed by atoms with van der Waals surface area (Å²) < 4.78 is 5.46. The Morgan fingerprint density at radius 2 is 2.12 bits per heavy atom. The third-order valence-electron chi connectivity index (χ3n) is 5.26. The van der Waals surface area contributed by atoms with Crippen LogP contribution in [-0.4, -0.2) is 47.8 Å². The summed E-state index contributed by atoms with van der Waals surface area (Å²) in [6, 6.07) is 4.23. The van der Waals surface area contributed by atoms with Gasteiger partial charge in [-0.1, -0.05) is 12.8 Å². The zero-order valence-corrected chi connectivity index (χ0v) is 14.7. The van der Waals surface area contributed by atoms with Gasteiger partial charge in [0.05, 0.1) is 6.54 Å². The van der Waals surface area contributed by atoms with Gasteiger partial charge in [0, 0.05) is 25.2 Å². The van der Waals surface area contributed by atoms with Crippen molar-refractivity contribution in [2.24, 2.45) is 0 Å². The second kappa shape index (κ2) is 7.15. The van der Waals surface area contributed by atoms with Crippen LogP contribution >= 0.6 is 0 Å². The van der Waals surface area contributed by atoms with Crippen LogP contribution in [0, 0.1) is 6.92 Å². The van der Waals surface area contributed by atoms with Crippen LogP contribution in [0.5, 0.6) is 0 Å². The van der Waals surface area contributed by atoms with Crippen LogP contribution in [0.15, 0.2) is 16.5 Å². The summed E-state index contributed by atoms with van der Waals surface area (Å²) in [5, 5.41) is 16.2. The molecular formula is C18H29N3O3. The standard InChI is InChI=1S/C18H29N3O3/c1-13-7-8-16(24-13)18(2,23)12-19-17(22)20-14-9-10-21(11-14)15-5-3-4-6-15/h7-8,14-15,23H,3-6,9-12H2,1-2H3,(H2,19,20,22). The monoisotopic (exact) mass is 335 g/mol. The molecule has 1 aliphatic heterocycles. The van der Waals surface area contributed by atoms with Crippen LogP contribution < -0.4 is 10.6 Å². The quantitative estimate of drug-likeness (QED) is 0.770. The van der Waals surface area contributed by atoms with Crippen LogP contribution in [0.25, 0.3) is 0 Å². The van der Waals surface area contributed by atoms with Crippen LogP contribution in [0.1, 0.15) is 50.5 Å². The highest BCUT2D eigenvalue weighted by Gasteiger charge is 2.31. The molecule has 1 saturated heterocycles. The first-order valence-electron chi connectivity index (χ1n) is 9.02. The molecule has 1 aliphatic carbocycles. The zero-order chi connectivity index (χ0) is 17.2. The van der Waals surface area contributed by atoms with Crippen molar-refractivity contribution in [3.63, 3.8) is 0 Å². The third-order valence-corrected chi connectivity index (χ3v) is 5.26. The highest BCUT2D eigenvalue weighted by atomic mass is 16.4. The normalized spacial score (nSPS) is 24.9. The number of urea groups is 1. The highest BCUT2D eigenvalue weighted by Crippen LogP contribution is 2.26. The molecule has 6 heteroatoms. The first-order chi connectivity index (χ1) is 11.4. The molecule has 0 spiro atoms. The number of hydrogen-bond donors (Lipinski definition) is 3. The summed E-state index contributed by atoms with van der Waals surface area (Å²) in [5.41, 5.74) is -1.21. The summed E-state index contributed by atoms with van der Waals surface area (Å²) in [6.07, 6.45) is 6.26. The Labute approximate surface area is 143 Å². The van der Waals surface area contributed by atoms with E-state index in [2.05, 4.69) is 15.5 Å². The van der Waals surface area contributed by atoms with Gasteiger partial charge < -0.3 is 20.2 Å². The fourth-order valence-corrected chi connectivity index (χ4v) is 3.81. The van der Waals surface area contributed by atoms with Crippen molar-refractivity contribution in [2.45, 2.75) is 63.6 Å². The van der Waals surface area contributed by atoms with E-state index in [9.17, 15) is 9.90 Å². The third kappa shape index (κ3) is 4.11. The molecule has 2 heterocycles. The van der Waals surface area contributed by atoms with E-state index in [1.54, 1.807) is 19.1 Å². The summed E-state index contributed by atoms with van der Waals surface area (Å²) in [7, 11) is 0. The molecule has 134 valence electrons. The van der Waals surface area contributed by atoms with Crippen molar-refractivity contribution in [1.82, 2.24) is 15.5 Å². The molecule has 2 aliphatic rings. The molecule has 1 aromatic rings. The van der Waals surface area contributed by atoms with Gasteiger partial charge >= 0.3 is 6.03 Å². The fourth-order valence-electron chi connectivity index (χ4n) is 3.81. The van der Waals surface area contributed by atoms with E-state index in [-0.39, 0.29) is 18.6 Å². The number of nitrogens with one attached hydrogen (secondary N) is 2. The van der Waals surface area contributed by atoms with Crippen molar-refractivity contribution < 1.29 is 14.3 Å². The average Bonchev–Trinajstić information content (AvgIpc) is 3.25. The predicted molar refractivity (Wildman–Crippen MR) is 91.8 cm³/mol. The van der Waals surface area contributed by atoms with E-state index >= 15 is 0 Å². The lowest BCUT2D eigenvalue weighted by atomic mass is 10.0. The minimum absolute atomic E-state index is 0.116. The van der Waals surface area contributed by atoms with Gasteiger partial charge in [0.2, 0.25) is 0 Å². The fraction of sp³-hybridized carbons (Fsp3) is 0.722. The summed E-state index contributed by atoms with van der Waals surface area (Å²) in [4.78, 5) is 14.6. The van der Waals surface area contributed by atoms with Crippen molar-refractivity contribution in [2.75, 3.05) is 19.6 Å². The highest BCUT2D eigenvalue weighted by molar-refractivity contribution is 5.74. The number of hydrogen-bond acceptors (Lipinski definition) is 4. The first kappa shape index (κ1) is 17.3. The van der Waals surface area contributed by atoms with Gasteiger partial charge in [-0.25, -0.2) is 4.79 Å². The first-order valence-corrected chi connectivity index (χ1v) is 9.02. The Morgan fingerprint density at radius 3 is 2.79 bits per heavy atom. The number of aliphatic hydroxyl groups is 1. The van der Waals surface area contributed by atoms with Gasteiger partial charge in [-0.2, -0.15) is 0 Å². The predicted octanol–water partition coefficient (Wildman–Crippen LogP) is 2.11. The van der Waals surface area contributed by atoms with Gasteiger partial charge in [0.15, 0.2) is 0 Å². The maximum Gasteiger partial charge on any atom is 0.315 e. The van der Waals surface area contributed by atoms with Crippen molar-refractivity contribution in [3.8, 4) is 0 Å². The Balaban J connectivity index is 1.43. The maximum atomic E-state index is 12.1. The van der Waals surface area contributed by atoms with Crippen LogP contribution in [0.3, 0.4) is 0 Å². The molecule has 6 nitrogen and oxygen atoms in total. The molecule has 0 radical (unpaired) electrons. The number of carbonyl (C=O) groups is 1. The SMILES string of the molecule is Cc1ccc(C(C)(O)CNC(=O)NC2CCN(C3CCCC3)C2)o1. The second-order valence-corrected chi connectivity index (χ2v) is 7.43. The van der Waals surface area contributed by atoms with Crippen LogP contribution in [0.4, 0.5) is 4.79 Å². The molecule has 0 bridgehead atoms. The number of likely N-dealkylation sites (tertiary alicyclic amines) is 1. The number of amides is 2. The topological polar surface area (TPSA) is 77.7 Å². The number of rotatable bonds is 5. The van der Waals surface area contributed by atoms with Gasteiger partial charge in [-0.05, 0) is 45.2 Å². The van der Waals surface area contributed by atoms with E-state index in [4.69, 9.17) is 4.42 Å². The summed E-state index contributed by atoms with van der Waals surface area (Å²) >= 11 is 0. The lowest BCUT2D eigenvalue weighted by Gasteiger charge is -2.24. The van der Waals surface area contributed by atoms with Gasteiger partial charge in [-0.3, -0.25) is 4.90 Å². The lowest BCUT2D eigenvalue weighted by Crippen LogP contribution is -2.47. The van der Waals surface area contributed by atoms with Crippen LogP contribution in [-0.2, 0) is 5.60 Å². The maximum absolute atomic E-state index is 12.1. The number of nitrogens with zero attached hydrogens (tertiary/aromatic N) is 1. The minimum Gasteiger partial charge on any atom is -0.463 e. The molecule has 0 aromatic carbocycles. The smallest absolute Gasteiger partial charge is 0.315 e. The number of aryl methyl sites for hydroxylation is 1. The largest absolute Gasteiger partial charge is 0.463 e. The summed E-state index contributed by atoms with van der Waals surface area (Å²) in [5.74, 6) is 1.21. The molecule has 3 N–H and O–H groups in total. The Hall–Kier alpha value is -1.53. The molecule has 2 atom stereocenters. The van der Waals surface area contributed by atoms with E-state index in [1.807, 2.05) is 6.92 Å². The lowest BCUT2D eigenvalue weighted by molar-refractivity contribution is 0.0359. The Morgan fingerprint density at radius 1 is 1.38 bits per heavy atom. The molecule has 24 heavy (non-hydrogen) atoms. The molecule has 1 saturated carbocycles. The van der Waals surface area contributed by atoms with E-state index in [0.717, 1.165) is 25.3 Å². The number of carbonyl (C=O) groups excluding carboxylic acids is 1. The van der Waals surface area contributed by atoms with Crippen molar-refractivity contribution >= 4 is 6.03 Å². The van der Waals surface area contributed by atoms with Gasteiger partial charge in [-0.15, -0.1) is 0 Å². The van der Waals surface area contributed by atoms with Crippen LogP contribution in [0.2, 0.25) is 0 Å². The van der Waals surface area contributed by atoms with Crippen molar-refractivity contribution in [3.05, 3.63) is 23.7 Å². The molecule has 2 fully saturated rings. The van der Waals surface area contributed by atoms with Gasteiger partial charge in [0.25, 0.3) is 0 Å². The molecule has 1 aromatic heterocycles. The van der Waals surface area contributed by atoms with E-state index in [0.29, 0.717) is 11.8 Å². The Kier molecular flexibility index (Phi) is 5.15. The van der Waals surface area contributed by atoms with E-state index < -0.39 is 5.60 Å². The minimum atomic E-state index is -1.21. The summed E-state index contributed by atoms with van der Waals surface area (Å²) in [6.45, 7) is 5.59. The zero-order valence-electron chi connectivity index (χ0n) is 14.7. The molecular weight excluding hydrogens is 306 g/mol. The molecule has 2 unspecified atom stereocenters. The molecule has 2 amide bonds.